The minimum atomic E-state index is -0.308. The van der Waals surface area contributed by atoms with Crippen molar-refractivity contribution in [2.24, 2.45) is 5.92 Å². The van der Waals surface area contributed by atoms with E-state index in [1.165, 1.54) is 0 Å². The summed E-state index contributed by atoms with van der Waals surface area (Å²) in [5.74, 6) is -0.487. The largest absolute Gasteiger partial charge is 0.466 e. The topological polar surface area (TPSA) is 43.4 Å². The third-order valence-electron chi connectivity index (χ3n) is 2.24. The molecule has 0 heterocycles. The summed E-state index contributed by atoms with van der Waals surface area (Å²) in [6, 6.07) is 0. The van der Waals surface area contributed by atoms with Gasteiger partial charge in [-0.25, -0.2) is 0 Å². The van der Waals surface area contributed by atoms with Gasteiger partial charge in [-0.1, -0.05) is 6.08 Å². The monoisotopic (exact) mass is 182 g/mol. The van der Waals surface area contributed by atoms with Crippen LogP contribution in [0.25, 0.3) is 0 Å². The Morgan fingerprint density at radius 2 is 2.38 bits per heavy atom. The summed E-state index contributed by atoms with van der Waals surface area (Å²) >= 11 is 0. The van der Waals surface area contributed by atoms with Crippen LogP contribution in [0.4, 0.5) is 0 Å². The van der Waals surface area contributed by atoms with Gasteiger partial charge in [0, 0.05) is 12.0 Å². The van der Waals surface area contributed by atoms with Gasteiger partial charge in [-0.3, -0.25) is 9.59 Å². The lowest BCUT2D eigenvalue weighted by Crippen LogP contribution is -2.17. The molecule has 0 aliphatic heterocycles. The summed E-state index contributed by atoms with van der Waals surface area (Å²) in [6.45, 7) is 3.93. The lowest BCUT2D eigenvalue weighted by molar-refractivity contribution is -0.146. The molecular formula is C10H14O3. The van der Waals surface area contributed by atoms with Crippen molar-refractivity contribution in [2.75, 3.05) is 6.61 Å². The molecule has 0 spiro atoms. The zero-order valence-corrected chi connectivity index (χ0v) is 8.00. The first-order valence-electron chi connectivity index (χ1n) is 4.56. The molecule has 0 aromatic heterocycles. The van der Waals surface area contributed by atoms with Crippen LogP contribution in [0.5, 0.6) is 0 Å². The van der Waals surface area contributed by atoms with E-state index in [-0.39, 0.29) is 17.7 Å². The number of carbonyl (C=O) groups is 2. The summed E-state index contributed by atoms with van der Waals surface area (Å²) in [6.07, 6.45) is 2.80. The van der Waals surface area contributed by atoms with Crippen LogP contribution >= 0.6 is 0 Å². The van der Waals surface area contributed by atoms with Crippen LogP contribution < -0.4 is 0 Å². The Morgan fingerprint density at radius 3 is 2.92 bits per heavy atom. The minimum absolute atomic E-state index is 0.0838. The van der Waals surface area contributed by atoms with Crippen LogP contribution in [0.2, 0.25) is 0 Å². The SMILES string of the molecule is C/C=C1\C(=O)CCC1C(=O)OCC. The lowest BCUT2D eigenvalue weighted by Gasteiger charge is -2.08. The molecule has 3 nitrogen and oxygen atoms in total. The molecule has 1 unspecified atom stereocenters. The number of carbonyl (C=O) groups excluding carboxylic acids is 2. The number of hydrogen-bond acceptors (Lipinski definition) is 3. The molecule has 0 aromatic rings. The van der Waals surface area contributed by atoms with E-state index >= 15 is 0 Å². The van der Waals surface area contributed by atoms with E-state index in [1.807, 2.05) is 0 Å². The van der Waals surface area contributed by atoms with E-state index in [0.29, 0.717) is 25.0 Å². The van der Waals surface area contributed by atoms with Gasteiger partial charge in [-0.15, -0.1) is 0 Å². The highest BCUT2D eigenvalue weighted by Crippen LogP contribution is 2.28. The van der Waals surface area contributed by atoms with Gasteiger partial charge < -0.3 is 4.74 Å². The lowest BCUT2D eigenvalue weighted by atomic mass is 10.0. The molecular weight excluding hydrogens is 168 g/mol. The molecule has 1 fully saturated rings. The third-order valence-corrected chi connectivity index (χ3v) is 2.24. The van der Waals surface area contributed by atoms with Crippen molar-refractivity contribution in [3.63, 3.8) is 0 Å². The van der Waals surface area contributed by atoms with Crippen LogP contribution in [0, 0.1) is 5.92 Å². The Kier molecular flexibility index (Phi) is 3.23. The van der Waals surface area contributed by atoms with Crippen molar-refractivity contribution >= 4 is 11.8 Å². The van der Waals surface area contributed by atoms with E-state index in [2.05, 4.69) is 0 Å². The maximum absolute atomic E-state index is 11.3. The van der Waals surface area contributed by atoms with Crippen molar-refractivity contribution in [3.05, 3.63) is 11.6 Å². The van der Waals surface area contributed by atoms with Gasteiger partial charge in [0.1, 0.15) is 0 Å². The molecule has 1 rings (SSSR count). The first-order chi connectivity index (χ1) is 6.20. The fourth-order valence-electron chi connectivity index (χ4n) is 1.62. The van der Waals surface area contributed by atoms with Gasteiger partial charge >= 0.3 is 5.97 Å². The summed E-state index contributed by atoms with van der Waals surface area (Å²) in [4.78, 5) is 22.6. The fraction of sp³-hybridized carbons (Fsp3) is 0.600. The van der Waals surface area contributed by atoms with Gasteiger partial charge in [-0.2, -0.15) is 0 Å². The Morgan fingerprint density at radius 1 is 1.69 bits per heavy atom. The van der Waals surface area contributed by atoms with E-state index in [9.17, 15) is 9.59 Å². The number of allylic oxidation sites excluding steroid dienone is 1. The average molecular weight is 182 g/mol. The Bertz CT molecular complexity index is 253. The van der Waals surface area contributed by atoms with Crippen LogP contribution in [0.3, 0.4) is 0 Å². The van der Waals surface area contributed by atoms with Crippen molar-refractivity contribution < 1.29 is 14.3 Å². The normalized spacial score (nSPS) is 25.2. The average Bonchev–Trinajstić information content (AvgIpc) is 2.47. The summed E-state index contributed by atoms with van der Waals surface area (Å²) < 4.78 is 4.87. The molecule has 72 valence electrons. The van der Waals surface area contributed by atoms with E-state index < -0.39 is 0 Å². The molecule has 0 N–H and O–H groups in total. The molecule has 13 heavy (non-hydrogen) atoms. The highest BCUT2D eigenvalue weighted by Gasteiger charge is 2.33. The molecule has 0 saturated heterocycles. The zero-order chi connectivity index (χ0) is 9.84. The van der Waals surface area contributed by atoms with Gasteiger partial charge in [0.25, 0.3) is 0 Å². The second kappa shape index (κ2) is 4.21. The molecule has 0 aromatic carbocycles. The summed E-state index contributed by atoms with van der Waals surface area (Å²) in [7, 11) is 0. The standard InChI is InChI=1S/C10H14O3/c1-3-7-8(5-6-9(7)11)10(12)13-4-2/h3,8H,4-6H2,1-2H3/b7-3-. The van der Waals surface area contributed by atoms with Gasteiger partial charge in [-0.05, 0) is 20.3 Å². The molecule has 1 aliphatic rings. The second-order valence-electron chi connectivity index (χ2n) is 3.01. The number of rotatable bonds is 2. The van der Waals surface area contributed by atoms with Crippen LogP contribution in [-0.2, 0) is 14.3 Å². The predicted molar refractivity (Wildman–Crippen MR) is 48.1 cm³/mol. The van der Waals surface area contributed by atoms with Gasteiger partial charge in [0.2, 0.25) is 0 Å². The van der Waals surface area contributed by atoms with E-state index in [1.54, 1.807) is 19.9 Å². The highest BCUT2D eigenvalue weighted by molar-refractivity contribution is 6.03. The van der Waals surface area contributed by atoms with Gasteiger partial charge in [0.05, 0.1) is 12.5 Å². The highest BCUT2D eigenvalue weighted by atomic mass is 16.5. The quantitative estimate of drug-likeness (QED) is 0.480. The summed E-state index contributed by atoms with van der Waals surface area (Å²) in [5, 5.41) is 0. The number of esters is 1. The van der Waals surface area contributed by atoms with Crippen molar-refractivity contribution in [1.29, 1.82) is 0 Å². The molecule has 1 aliphatic carbocycles. The second-order valence-corrected chi connectivity index (χ2v) is 3.01. The maximum Gasteiger partial charge on any atom is 0.313 e. The molecule has 0 radical (unpaired) electrons. The first kappa shape index (κ1) is 9.96. The van der Waals surface area contributed by atoms with Crippen molar-refractivity contribution in [3.8, 4) is 0 Å². The van der Waals surface area contributed by atoms with Crippen LogP contribution in [0.15, 0.2) is 11.6 Å². The molecule has 0 bridgehead atoms. The Hall–Kier alpha value is -1.12. The zero-order valence-electron chi connectivity index (χ0n) is 8.00. The Labute approximate surface area is 77.8 Å². The van der Waals surface area contributed by atoms with Crippen LogP contribution in [-0.4, -0.2) is 18.4 Å². The number of hydrogen-bond donors (Lipinski definition) is 0. The van der Waals surface area contributed by atoms with E-state index in [0.717, 1.165) is 0 Å². The fourth-order valence-corrected chi connectivity index (χ4v) is 1.62. The smallest absolute Gasteiger partial charge is 0.313 e. The molecule has 0 amide bonds. The molecule has 3 heteroatoms. The van der Waals surface area contributed by atoms with Crippen LogP contribution in [0.1, 0.15) is 26.7 Å². The Balaban J connectivity index is 2.71. The number of Topliss-reactive ketones (excluding diaryl/α,β-unsaturated/α-hetero) is 1. The van der Waals surface area contributed by atoms with E-state index in [4.69, 9.17) is 4.74 Å². The number of ketones is 1. The van der Waals surface area contributed by atoms with Crippen molar-refractivity contribution in [2.45, 2.75) is 26.7 Å². The predicted octanol–water partition coefficient (Wildman–Crippen LogP) is 1.47. The van der Waals surface area contributed by atoms with Crippen molar-refractivity contribution in [1.82, 2.24) is 0 Å². The first-order valence-corrected chi connectivity index (χ1v) is 4.56. The summed E-state index contributed by atoms with van der Waals surface area (Å²) in [5.41, 5.74) is 0.624. The minimum Gasteiger partial charge on any atom is -0.466 e. The number of ether oxygens (including phenoxy) is 1. The van der Waals surface area contributed by atoms with Gasteiger partial charge in [0.15, 0.2) is 5.78 Å². The third kappa shape index (κ3) is 1.97. The maximum atomic E-state index is 11.3. The molecule has 1 atom stereocenters. The molecule has 1 saturated carbocycles.